The molecule has 22 heavy (non-hydrogen) atoms. The number of carbonyl (C=O) groups excluding carboxylic acids is 1. The van der Waals surface area contributed by atoms with E-state index in [1.807, 2.05) is 23.1 Å². The predicted molar refractivity (Wildman–Crippen MR) is 89.4 cm³/mol. The Bertz CT molecular complexity index is 576. The van der Waals surface area contributed by atoms with Crippen molar-refractivity contribution in [2.45, 2.75) is 45.2 Å². The van der Waals surface area contributed by atoms with Gasteiger partial charge in [0.15, 0.2) is 0 Å². The van der Waals surface area contributed by atoms with Gasteiger partial charge in [-0.05, 0) is 47.4 Å². The Labute approximate surface area is 136 Å². The van der Waals surface area contributed by atoms with Crippen LogP contribution in [0.25, 0.3) is 0 Å². The van der Waals surface area contributed by atoms with Crippen LogP contribution in [-0.4, -0.2) is 15.8 Å². The molecular weight excluding hydrogens is 292 g/mol. The molecule has 116 valence electrons. The molecule has 0 atom stereocenters. The van der Waals surface area contributed by atoms with E-state index in [0.717, 1.165) is 18.5 Å². The number of hydrogen-bond donors (Lipinski definition) is 0. The standard InChI is InChI=1S/C18H22N2OS/c21-18(16-6-2-1-3-7-16)20(12-15-9-11-22-14-15)13-17-8-4-5-10-19-17/h4-5,8-11,14,16H,1-3,6-7,12-13H2. The van der Waals surface area contributed by atoms with Crippen molar-refractivity contribution in [3.8, 4) is 0 Å². The van der Waals surface area contributed by atoms with Crippen LogP contribution in [0.3, 0.4) is 0 Å². The molecule has 0 N–H and O–H groups in total. The van der Waals surface area contributed by atoms with Gasteiger partial charge < -0.3 is 4.90 Å². The van der Waals surface area contributed by atoms with E-state index in [1.165, 1.54) is 24.8 Å². The summed E-state index contributed by atoms with van der Waals surface area (Å²) in [6, 6.07) is 7.99. The van der Waals surface area contributed by atoms with Crippen LogP contribution in [0.15, 0.2) is 41.2 Å². The van der Waals surface area contributed by atoms with Crippen LogP contribution in [0.1, 0.15) is 43.4 Å². The van der Waals surface area contributed by atoms with Gasteiger partial charge in [-0.15, -0.1) is 0 Å². The fourth-order valence-electron chi connectivity index (χ4n) is 3.11. The summed E-state index contributed by atoms with van der Waals surface area (Å²) in [5.74, 6) is 0.507. The van der Waals surface area contributed by atoms with Gasteiger partial charge in [-0.3, -0.25) is 9.78 Å². The second-order valence-electron chi connectivity index (χ2n) is 5.98. The SMILES string of the molecule is O=C(C1CCCCC1)N(Cc1ccsc1)Cc1ccccn1. The number of rotatable bonds is 5. The number of aromatic nitrogens is 1. The summed E-state index contributed by atoms with van der Waals surface area (Å²) in [6.45, 7) is 1.29. The van der Waals surface area contributed by atoms with E-state index in [1.54, 1.807) is 17.5 Å². The van der Waals surface area contributed by atoms with Crippen LogP contribution >= 0.6 is 11.3 Å². The normalized spacial score (nSPS) is 15.6. The topological polar surface area (TPSA) is 33.2 Å². The molecule has 2 heterocycles. The van der Waals surface area contributed by atoms with E-state index in [0.29, 0.717) is 19.0 Å². The molecule has 0 aliphatic heterocycles. The first-order valence-corrected chi connectivity index (χ1v) is 8.97. The van der Waals surface area contributed by atoms with Crippen LogP contribution in [0.2, 0.25) is 0 Å². The van der Waals surface area contributed by atoms with Gasteiger partial charge in [0.2, 0.25) is 5.91 Å². The maximum Gasteiger partial charge on any atom is 0.226 e. The van der Waals surface area contributed by atoms with Crippen molar-refractivity contribution in [2.75, 3.05) is 0 Å². The summed E-state index contributed by atoms with van der Waals surface area (Å²) >= 11 is 1.68. The molecule has 0 unspecified atom stereocenters. The average molecular weight is 314 g/mol. The molecular formula is C18H22N2OS. The Morgan fingerprint density at radius 3 is 2.73 bits per heavy atom. The predicted octanol–water partition coefficient (Wildman–Crippen LogP) is 4.25. The fourth-order valence-corrected chi connectivity index (χ4v) is 3.77. The maximum atomic E-state index is 12.9. The van der Waals surface area contributed by atoms with Crippen molar-refractivity contribution in [3.63, 3.8) is 0 Å². The van der Waals surface area contributed by atoms with Gasteiger partial charge in [-0.2, -0.15) is 11.3 Å². The number of nitrogens with zero attached hydrogens (tertiary/aromatic N) is 2. The molecule has 1 fully saturated rings. The first-order valence-electron chi connectivity index (χ1n) is 8.03. The first-order chi connectivity index (χ1) is 10.8. The highest BCUT2D eigenvalue weighted by Crippen LogP contribution is 2.26. The van der Waals surface area contributed by atoms with Crippen molar-refractivity contribution in [3.05, 3.63) is 52.5 Å². The third kappa shape index (κ3) is 3.95. The molecule has 0 aromatic carbocycles. The molecule has 2 aromatic heterocycles. The van der Waals surface area contributed by atoms with E-state index < -0.39 is 0 Å². The highest BCUT2D eigenvalue weighted by Gasteiger charge is 2.26. The molecule has 0 radical (unpaired) electrons. The quantitative estimate of drug-likeness (QED) is 0.826. The number of pyridine rings is 1. The van der Waals surface area contributed by atoms with Crippen molar-refractivity contribution in [1.82, 2.24) is 9.88 Å². The zero-order chi connectivity index (χ0) is 15.2. The van der Waals surface area contributed by atoms with E-state index in [9.17, 15) is 4.79 Å². The highest BCUT2D eigenvalue weighted by molar-refractivity contribution is 7.07. The molecule has 4 heteroatoms. The van der Waals surface area contributed by atoms with Crippen molar-refractivity contribution < 1.29 is 4.79 Å². The van der Waals surface area contributed by atoms with Gasteiger partial charge in [-0.1, -0.05) is 25.3 Å². The molecule has 0 saturated heterocycles. The van der Waals surface area contributed by atoms with Crippen LogP contribution in [0.4, 0.5) is 0 Å². The Morgan fingerprint density at radius 2 is 2.05 bits per heavy atom. The highest BCUT2D eigenvalue weighted by atomic mass is 32.1. The third-order valence-electron chi connectivity index (χ3n) is 4.30. The fraction of sp³-hybridized carbons (Fsp3) is 0.444. The molecule has 2 aromatic rings. The minimum Gasteiger partial charge on any atom is -0.332 e. The first kappa shape index (κ1) is 15.2. The lowest BCUT2D eigenvalue weighted by Gasteiger charge is -2.29. The molecule has 0 spiro atoms. The zero-order valence-electron chi connectivity index (χ0n) is 12.8. The minimum atomic E-state index is 0.205. The molecule has 1 aliphatic carbocycles. The second kappa shape index (κ2) is 7.54. The third-order valence-corrected chi connectivity index (χ3v) is 5.03. The van der Waals surface area contributed by atoms with Crippen molar-refractivity contribution in [1.29, 1.82) is 0 Å². The lowest BCUT2D eigenvalue weighted by molar-refractivity contribution is -0.138. The van der Waals surface area contributed by atoms with Gasteiger partial charge >= 0.3 is 0 Å². The summed E-state index contributed by atoms with van der Waals surface area (Å²) in [7, 11) is 0. The number of carbonyl (C=O) groups is 1. The van der Waals surface area contributed by atoms with E-state index in [-0.39, 0.29) is 5.92 Å². The summed E-state index contributed by atoms with van der Waals surface area (Å²) in [5.41, 5.74) is 2.17. The monoisotopic (exact) mass is 314 g/mol. The van der Waals surface area contributed by atoms with Gasteiger partial charge in [0, 0.05) is 18.7 Å². The van der Waals surface area contributed by atoms with Crippen LogP contribution in [-0.2, 0) is 17.9 Å². The smallest absolute Gasteiger partial charge is 0.226 e. The van der Waals surface area contributed by atoms with Crippen LogP contribution in [0.5, 0.6) is 0 Å². The maximum absolute atomic E-state index is 12.9. The van der Waals surface area contributed by atoms with E-state index in [4.69, 9.17) is 0 Å². The Balaban J connectivity index is 1.74. The molecule has 3 rings (SSSR count). The minimum absolute atomic E-state index is 0.205. The Morgan fingerprint density at radius 1 is 1.18 bits per heavy atom. The Hall–Kier alpha value is -1.68. The second-order valence-corrected chi connectivity index (χ2v) is 6.76. The Kier molecular flexibility index (Phi) is 5.22. The lowest BCUT2D eigenvalue weighted by atomic mass is 9.88. The van der Waals surface area contributed by atoms with Crippen LogP contribution in [0, 0.1) is 5.92 Å². The zero-order valence-corrected chi connectivity index (χ0v) is 13.6. The van der Waals surface area contributed by atoms with Gasteiger partial charge in [0.1, 0.15) is 0 Å². The van der Waals surface area contributed by atoms with E-state index >= 15 is 0 Å². The summed E-state index contributed by atoms with van der Waals surface area (Å²) in [4.78, 5) is 19.3. The van der Waals surface area contributed by atoms with Gasteiger partial charge in [0.05, 0.1) is 12.2 Å². The van der Waals surface area contributed by atoms with Crippen molar-refractivity contribution >= 4 is 17.2 Å². The van der Waals surface area contributed by atoms with Gasteiger partial charge in [-0.25, -0.2) is 0 Å². The summed E-state index contributed by atoms with van der Waals surface area (Å²) < 4.78 is 0. The lowest BCUT2D eigenvalue weighted by Crippen LogP contribution is -2.36. The molecule has 1 amide bonds. The number of amides is 1. The summed E-state index contributed by atoms with van der Waals surface area (Å²) in [5, 5.41) is 4.19. The number of thiophene rings is 1. The largest absolute Gasteiger partial charge is 0.332 e. The van der Waals surface area contributed by atoms with E-state index in [2.05, 4.69) is 21.8 Å². The molecule has 0 bridgehead atoms. The summed E-state index contributed by atoms with van der Waals surface area (Å²) in [6.07, 6.45) is 7.53. The number of hydrogen-bond acceptors (Lipinski definition) is 3. The van der Waals surface area contributed by atoms with Crippen LogP contribution < -0.4 is 0 Å². The van der Waals surface area contributed by atoms with Crippen molar-refractivity contribution in [2.24, 2.45) is 5.92 Å². The average Bonchev–Trinajstić information content (AvgIpc) is 3.08. The van der Waals surface area contributed by atoms with Gasteiger partial charge in [0.25, 0.3) is 0 Å². The molecule has 1 saturated carbocycles. The molecule has 3 nitrogen and oxygen atoms in total. The molecule has 1 aliphatic rings.